The number of carbonyl (C=O) groups excluding carboxylic acids is 1. The van der Waals surface area contributed by atoms with Crippen molar-refractivity contribution >= 4 is 5.91 Å². The largest absolute Gasteiger partial charge is 0.337 e. The Balaban J connectivity index is 2.92. The molecule has 3 nitrogen and oxygen atoms in total. The number of rotatable bonds is 3. The summed E-state index contributed by atoms with van der Waals surface area (Å²) in [6.07, 6.45) is 0. The second-order valence-corrected chi connectivity index (χ2v) is 3.87. The van der Waals surface area contributed by atoms with Crippen molar-refractivity contribution in [1.29, 1.82) is 5.26 Å². The second kappa shape index (κ2) is 5.32. The molecule has 16 heavy (non-hydrogen) atoms. The van der Waals surface area contributed by atoms with Gasteiger partial charge in [-0.25, -0.2) is 0 Å². The zero-order valence-electron chi connectivity index (χ0n) is 9.90. The van der Waals surface area contributed by atoms with Gasteiger partial charge in [0.2, 0.25) is 0 Å². The Kier molecular flexibility index (Phi) is 4.07. The maximum Gasteiger partial charge on any atom is 0.254 e. The van der Waals surface area contributed by atoms with E-state index in [0.29, 0.717) is 17.7 Å². The van der Waals surface area contributed by atoms with Gasteiger partial charge in [-0.3, -0.25) is 4.79 Å². The number of carbonyl (C=O) groups is 1. The van der Waals surface area contributed by atoms with Crippen LogP contribution in [0.3, 0.4) is 0 Å². The van der Waals surface area contributed by atoms with Crippen LogP contribution in [0.25, 0.3) is 0 Å². The maximum absolute atomic E-state index is 12.1. The van der Waals surface area contributed by atoms with Gasteiger partial charge in [0.15, 0.2) is 0 Å². The van der Waals surface area contributed by atoms with Gasteiger partial charge in [-0.15, -0.1) is 0 Å². The number of hydrogen-bond donors (Lipinski definition) is 0. The van der Waals surface area contributed by atoms with E-state index >= 15 is 0 Å². The Hall–Kier alpha value is -1.82. The fraction of sp³-hybridized carbons (Fsp3) is 0.385. The number of amides is 1. The third kappa shape index (κ3) is 2.60. The second-order valence-electron chi connectivity index (χ2n) is 3.87. The number of hydrogen-bond acceptors (Lipinski definition) is 2. The Morgan fingerprint density at radius 2 is 1.94 bits per heavy atom. The standard InChI is InChI=1S/C13H16N2O/c1-4-15(10(2)3)13(16)12-7-5-11(9-14)6-8-12/h5-8,10H,4H2,1-3H3. The fourth-order valence-electron chi connectivity index (χ4n) is 1.60. The van der Waals surface area contributed by atoms with Gasteiger partial charge in [0.05, 0.1) is 11.6 Å². The van der Waals surface area contributed by atoms with E-state index in [4.69, 9.17) is 5.26 Å². The summed E-state index contributed by atoms with van der Waals surface area (Å²) in [4.78, 5) is 13.9. The highest BCUT2D eigenvalue weighted by atomic mass is 16.2. The van der Waals surface area contributed by atoms with Crippen molar-refractivity contribution in [3.8, 4) is 6.07 Å². The summed E-state index contributed by atoms with van der Waals surface area (Å²) in [5.74, 6) is 0.0157. The molecule has 1 aromatic rings. The van der Waals surface area contributed by atoms with Gasteiger partial charge in [-0.05, 0) is 45.0 Å². The molecule has 0 aliphatic carbocycles. The lowest BCUT2D eigenvalue weighted by Crippen LogP contribution is -2.36. The third-order valence-electron chi connectivity index (χ3n) is 2.49. The molecule has 3 heteroatoms. The van der Waals surface area contributed by atoms with E-state index in [1.807, 2.05) is 26.8 Å². The quantitative estimate of drug-likeness (QED) is 0.778. The van der Waals surface area contributed by atoms with E-state index in [2.05, 4.69) is 0 Å². The third-order valence-corrected chi connectivity index (χ3v) is 2.49. The van der Waals surface area contributed by atoms with Gasteiger partial charge in [0.25, 0.3) is 5.91 Å². The van der Waals surface area contributed by atoms with Gasteiger partial charge in [0, 0.05) is 18.2 Å². The summed E-state index contributed by atoms with van der Waals surface area (Å²) in [6.45, 7) is 6.63. The molecule has 0 saturated carbocycles. The number of nitriles is 1. The molecule has 0 bridgehead atoms. The van der Waals surface area contributed by atoms with E-state index in [9.17, 15) is 4.79 Å². The minimum absolute atomic E-state index is 0.0157. The molecule has 0 aromatic heterocycles. The summed E-state index contributed by atoms with van der Waals surface area (Å²) >= 11 is 0. The smallest absolute Gasteiger partial charge is 0.254 e. The molecule has 0 aliphatic rings. The van der Waals surface area contributed by atoms with Crippen molar-refractivity contribution in [3.63, 3.8) is 0 Å². The fourth-order valence-corrected chi connectivity index (χ4v) is 1.60. The molecule has 0 saturated heterocycles. The first kappa shape index (κ1) is 12.3. The molecule has 1 amide bonds. The SMILES string of the molecule is CCN(C(=O)c1ccc(C#N)cc1)C(C)C. The molecule has 0 fully saturated rings. The lowest BCUT2D eigenvalue weighted by Gasteiger charge is -2.25. The number of benzene rings is 1. The Morgan fingerprint density at radius 3 is 2.31 bits per heavy atom. The number of nitrogens with zero attached hydrogens (tertiary/aromatic N) is 2. The first-order valence-electron chi connectivity index (χ1n) is 5.41. The van der Waals surface area contributed by atoms with Crippen molar-refractivity contribution in [2.24, 2.45) is 0 Å². The first-order chi connectivity index (χ1) is 7.60. The molecule has 1 aromatic carbocycles. The summed E-state index contributed by atoms with van der Waals surface area (Å²) in [5, 5.41) is 8.67. The van der Waals surface area contributed by atoms with Crippen LogP contribution in [0.15, 0.2) is 24.3 Å². The van der Waals surface area contributed by atoms with Crippen LogP contribution in [-0.4, -0.2) is 23.4 Å². The lowest BCUT2D eigenvalue weighted by molar-refractivity contribution is 0.0717. The Bertz CT molecular complexity index is 401. The van der Waals surface area contributed by atoms with Crippen molar-refractivity contribution in [2.45, 2.75) is 26.8 Å². The van der Waals surface area contributed by atoms with Crippen molar-refractivity contribution in [2.75, 3.05) is 6.54 Å². The van der Waals surface area contributed by atoms with Crippen LogP contribution in [0.2, 0.25) is 0 Å². The van der Waals surface area contributed by atoms with Crippen LogP contribution in [0.5, 0.6) is 0 Å². The predicted molar refractivity (Wildman–Crippen MR) is 63.0 cm³/mol. The van der Waals surface area contributed by atoms with Gasteiger partial charge >= 0.3 is 0 Å². The molecule has 0 heterocycles. The summed E-state index contributed by atoms with van der Waals surface area (Å²) in [5.41, 5.74) is 1.21. The average Bonchev–Trinajstić information content (AvgIpc) is 2.29. The zero-order valence-corrected chi connectivity index (χ0v) is 9.90. The normalized spacial score (nSPS) is 9.94. The topological polar surface area (TPSA) is 44.1 Å². The van der Waals surface area contributed by atoms with Crippen LogP contribution < -0.4 is 0 Å². The highest BCUT2D eigenvalue weighted by Gasteiger charge is 2.16. The monoisotopic (exact) mass is 216 g/mol. The molecule has 0 atom stereocenters. The van der Waals surface area contributed by atoms with Crippen molar-refractivity contribution in [1.82, 2.24) is 4.90 Å². The van der Waals surface area contributed by atoms with Gasteiger partial charge in [0.1, 0.15) is 0 Å². The van der Waals surface area contributed by atoms with Gasteiger partial charge in [-0.1, -0.05) is 0 Å². The molecule has 0 unspecified atom stereocenters. The van der Waals surface area contributed by atoms with E-state index in [-0.39, 0.29) is 11.9 Å². The minimum atomic E-state index is 0.0157. The zero-order chi connectivity index (χ0) is 12.1. The minimum Gasteiger partial charge on any atom is -0.337 e. The molecule has 1 rings (SSSR count). The van der Waals surface area contributed by atoms with Gasteiger partial charge < -0.3 is 4.90 Å². The molecule has 0 spiro atoms. The maximum atomic E-state index is 12.1. The molecule has 0 radical (unpaired) electrons. The van der Waals surface area contributed by atoms with E-state index in [1.54, 1.807) is 29.2 Å². The van der Waals surface area contributed by atoms with Gasteiger partial charge in [-0.2, -0.15) is 5.26 Å². The van der Waals surface area contributed by atoms with Crippen LogP contribution in [-0.2, 0) is 0 Å². The highest BCUT2D eigenvalue weighted by molar-refractivity contribution is 5.94. The average molecular weight is 216 g/mol. The predicted octanol–water partition coefficient (Wildman–Crippen LogP) is 2.43. The molecule has 84 valence electrons. The molecular formula is C13H16N2O. The van der Waals surface area contributed by atoms with Crippen LogP contribution >= 0.6 is 0 Å². The van der Waals surface area contributed by atoms with Crippen LogP contribution in [0.1, 0.15) is 36.7 Å². The Labute approximate surface area is 96.3 Å². The summed E-state index contributed by atoms with van der Waals surface area (Å²) in [7, 11) is 0. The van der Waals surface area contributed by atoms with E-state index in [0.717, 1.165) is 0 Å². The summed E-state index contributed by atoms with van der Waals surface area (Å²) in [6, 6.07) is 8.96. The van der Waals surface area contributed by atoms with Crippen LogP contribution in [0, 0.1) is 11.3 Å². The molecular weight excluding hydrogens is 200 g/mol. The van der Waals surface area contributed by atoms with Crippen LogP contribution in [0.4, 0.5) is 0 Å². The van der Waals surface area contributed by atoms with E-state index in [1.165, 1.54) is 0 Å². The van der Waals surface area contributed by atoms with E-state index < -0.39 is 0 Å². The molecule has 0 N–H and O–H groups in total. The lowest BCUT2D eigenvalue weighted by atomic mass is 10.1. The van der Waals surface area contributed by atoms with Crippen molar-refractivity contribution < 1.29 is 4.79 Å². The summed E-state index contributed by atoms with van der Waals surface area (Å²) < 4.78 is 0. The Morgan fingerprint density at radius 1 is 1.38 bits per heavy atom. The first-order valence-corrected chi connectivity index (χ1v) is 5.41. The molecule has 0 aliphatic heterocycles. The van der Waals surface area contributed by atoms with Crippen molar-refractivity contribution in [3.05, 3.63) is 35.4 Å². The highest BCUT2D eigenvalue weighted by Crippen LogP contribution is 2.09.